The number of rotatable bonds is 3. The van der Waals surface area contributed by atoms with Gasteiger partial charge in [-0.05, 0) is 42.5 Å². The molecule has 1 aliphatic rings. The number of piperidine rings is 1. The van der Waals surface area contributed by atoms with Crippen LogP contribution in [0.3, 0.4) is 0 Å². The Kier molecular flexibility index (Phi) is 4.99. The molecule has 4 heteroatoms. The van der Waals surface area contributed by atoms with Gasteiger partial charge in [-0.25, -0.2) is 0 Å². The van der Waals surface area contributed by atoms with E-state index in [1.807, 2.05) is 24.3 Å². The van der Waals surface area contributed by atoms with Gasteiger partial charge in [-0.2, -0.15) is 0 Å². The predicted octanol–water partition coefficient (Wildman–Crippen LogP) is 3.37. The molecular formula is C15H21BrN2O. The number of amides is 1. The Morgan fingerprint density at radius 2 is 1.84 bits per heavy atom. The molecule has 1 aromatic carbocycles. The molecular weight excluding hydrogens is 304 g/mol. The number of carbonyl (C=O) groups excluding carboxylic acids is 1. The summed E-state index contributed by atoms with van der Waals surface area (Å²) in [6.07, 6.45) is 1.27. The van der Waals surface area contributed by atoms with Crippen LogP contribution in [0.4, 0.5) is 5.69 Å². The third-order valence-electron chi connectivity index (χ3n) is 3.44. The lowest BCUT2D eigenvalue weighted by Crippen LogP contribution is -2.42. The van der Waals surface area contributed by atoms with Gasteiger partial charge in [0, 0.05) is 23.2 Å². The van der Waals surface area contributed by atoms with Crippen LogP contribution in [-0.2, 0) is 4.79 Å². The second-order valence-corrected chi connectivity index (χ2v) is 6.61. The van der Waals surface area contributed by atoms with Crippen LogP contribution in [0, 0.1) is 11.8 Å². The Hall–Kier alpha value is -0.870. The van der Waals surface area contributed by atoms with E-state index in [4.69, 9.17) is 0 Å². The number of nitrogens with zero attached hydrogens (tertiary/aromatic N) is 1. The van der Waals surface area contributed by atoms with Gasteiger partial charge >= 0.3 is 0 Å². The number of nitrogens with one attached hydrogen (secondary N) is 1. The maximum absolute atomic E-state index is 12.0. The SMILES string of the molecule is CC1CC(C)CN(CC(=O)Nc2ccc(Br)cc2)C1. The normalized spacial score (nSPS) is 24.2. The van der Waals surface area contributed by atoms with Gasteiger partial charge in [0.1, 0.15) is 0 Å². The molecule has 1 aliphatic heterocycles. The van der Waals surface area contributed by atoms with E-state index in [-0.39, 0.29) is 5.91 Å². The highest BCUT2D eigenvalue weighted by Crippen LogP contribution is 2.20. The summed E-state index contributed by atoms with van der Waals surface area (Å²) in [6, 6.07) is 7.67. The number of carbonyl (C=O) groups is 1. The van der Waals surface area contributed by atoms with Gasteiger partial charge in [0.2, 0.25) is 5.91 Å². The first kappa shape index (κ1) is 14.5. The van der Waals surface area contributed by atoms with Crippen molar-refractivity contribution in [1.82, 2.24) is 4.90 Å². The highest BCUT2D eigenvalue weighted by Gasteiger charge is 2.23. The van der Waals surface area contributed by atoms with E-state index in [1.165, 1.54) is 6.42 Å². The van der Waals surface area contributed by atoms with Gasteiger partial charge < -0.3 is 5.32 Å². The Morgan fingerprint density at radius 1 is 1.26 bits per heavy atom. The number of likely N-dealkylation sites (tertiary alicyclic amines) is 1. The van der Waals surface area contributed by atoms with Crippen LogP contribution in [0.25, 0.3) is 0 Å². The van der Waals surface area contributed by atoms with Gasteiger partial charge in [0.15, 0.2) is 0 Å². The predicted molar refractivity (Wildman–Crippen MR) is 82.2 cm³/mol. The van der Waals surface area contributed by atoms with E-state index in [0.717, 1.165) is 23.2 Å². The van der Waals surface area contributed by atoms with Gasteiger partial charge in [0.25, 0.3) is 0 Å². The smallest absolute Gasteiger partial charge is 0.238 e. The molecule has 1 fully saturated rings. The van der Waals surface area contributed by atoms with E-state index < -0.39 is 0 Å². The maximum Gasteiger partial charge on any atom is 0.238 e. The van der Waals surface area contributed by atoms with E-state index in [0.29, 0.717) is 18.4 Å². The van der Waals surface area contributed by atoms with E-state index in [2.05, 4.69) is 40.0 Å². The minimum absolute atomic E-state index is 0.0728. The van der Waals surface area contributed by atoms with Crippen molar-refractivity contribution in [1.29, 1.82) is 0 Å². The van der Waals surface area contributed by atoms with Crippen molar-refractivity contribution in [3.8, 4) is 0 Å². The summed E-state index contributed by atoms with van der Waals surface area (Å²) in [5.74, 6) is 1.44. The Labute approximate surface area is 123 Å². The zero-order chi connectivity index (χ0) is 13.8. The van der Waals surface area contributed by atoms with E-state index >= 15 is 0 Å². The lowest BCUT2D eigenvalue weighted by molar-refractivity contribution is -0.117. The summed E-state index contributed by atoms with van der Waals surface area (Å²) < 4.78 is 1.02. The summed E-state index contributed by atoms with van der Waals surface area (Å²) in [6.45, 7) is 7.06. The van der Waals surface area contributed by atoms with Crippen molar-refractivity contribution in [2.45, 2.75) is 20.3 Å². The molecule has 2 rings (SSSR count). The van der Waals surface area contributed by atoms with E-state index in [9.17, 15) is 4.79 Å². The van der Waals surface area contributed by atoms with Crippen LogP contribution < -0.4 is 5.32 Å². The molecule has 3 nitrogen and oxygen atoms in total. The average Bonchev–Trinajstić information content (AvgIpc) is 2.30. The van der Waals surface area contributed by atoms with Crippen molar-refractivity contribution in [2.24, 2.45) is 11.8 Å². The topological polar surface area (TPSA) is 32.3 Å². The third-order valence-corrected chi connectivity index (χ3v) is 3.97. The third kappa shape index (κ3) is 4.62. The molecule has 2 atom stereocenters. The summed E-state index contributed by atoms with van der Waals surface area (Å²) >= 11 is 3.38. The number of anilines is 1. The van der Waals surface area contributed by atoms with Crippen LogP contribution in [-0.4, -0.2) is 30.4 Å². The molecule has 1 aromatic rings. The molecule has 2 unspecified atom stereocenters. The monoisotopic (exact) mass is 324 g/mol. The van der Waals surface area contributed by atoms with Crippen molar-refractivity contribution < 1.29 is 4.79 Å². The summed E-state index contributed by atoms with van der Waals surface area (Å²) in [7, 11) is 0. The number of hydrogen-bond acceptors (Lipinski definition) is 2. The van der Waals surface area contributed by atoms with Gasteiger partial charge in [-0.1, -0.05) is 29.8 Å². The molecule has 1 N–H and O–H groups in total. The summed E-state index contributed by atoms with van der Waals surface area (Å²) in [5.41, 5.74) is 0.853. The molecule has 0 radical (unpaired) electrons. The highest BCUT2D eigenvalue weighted by atomic mass is 79.9. The number of hydrogen-bond donors (Lipinski definition) is 1. The van der Waals surface area contributed by atoms with Crippen LogP contribution in [0.2, 0.25) is 0 Å². The minimum atomic E-state index is 0.0728. The first-order valence-corrected chi connectivity index (χ1v) is 7.60. The van der Waals surface area contributed by atoms with Gasteiger partial charge in [-0.15, -0.1) is 0 Å². The molecule has 0 aliphatic carbocycles. The van der Waals surface area contributed by atoms with Crippen molar-refractivity contribution in [3.05, 3.63) is 28.7 Å². The van der Waals surface area contributed by atoms with Gasteiger partial charge in [-0.3, -0.25) is 9.69 Å². The first-order valence-electron chi connectivity index (χ1n) is 6.80. The molecule has 1 heterocycles. The van der Waals surface area contributed by atoms with Crippen LogP contribution in [0.1, 0.15) is 20.3 Å². The standard InChI is InChI=1S/C15H21BrN2O/c1-11-7-12(2)9-18(8-11)10-15(19)17-14-5-3-13(16)4-6-14/h3-6,11-12H,7-10H2,1-2H3,(H,17,19). The first-order chi connectivity index (χ1) is 9.02. The number of benzene rings is 1. The average molecular weight is 325 g/mol. The molecule has 1 amide bonds. The van der Waals surface area contributed by atoms with Crippen LogP contribution in [0.5, 0.6) is 0 Å². The minimum Gasteiger partial charge on any atom is -0.325 e. The Bertz CT molecular complexity index is 422. The van der Waals surface area contributed by atoms with Crippen LogP contribution >= 0.6 is 15.9 Å². The van der Waals surface area contributed by atoms with Crippen molar-refractivity contribution in [3.63, 3.8) is 0 Å². The lowest BCUT2D eigenvalue weighted by atomic mass is 9.92. The fraction of sp³-hybridized carbons (Fsp3) is 0.533. The van der Waals surface area contributed by atoms with Crippen LogP contribution in [0.15, 0.2) is 28.7 Å². The maximum atomic E-state index is 12.0. The Balaban J connectivity index is 1.85. The second kappa shape index (κ2) is 6.53. The molecule has 1 saturated heterocycles. The lowest BCUT2D eigenvalue weighted by Gasteiger charge is -2.34. The van der Waals surface area contributed by atoms with E-state index in [1.54, 1.807) is 0 Å². The summed E-state index contributed by atoms with van der Waals surface area (Å²) in [5, 5.41) is 2.94. The molecule has 0 aromatic heterocycles. The highest BCUT2D eigenvalue weighted by molar-refractivity contribution is 9.10. The molecule has 0 spiro atoms. The van der Waals surface area contributed by atoms with Crippen molar-refractivity contribution >= 4 is 27.5 Å². The second-order valence-electron chi connectivity index (χ2n) is 5.70. The molecule has 0 saturated carbocycles. The molecule has 0 bridgehead atoms. The molecule has 104 valence electrons. The largest absolute Gasteiger partial charge is 0.325 e. The summed E-state index contributed by atoms with van der Waals surface area (Å²) in [4.78, 5) is 14.3. The fourth-order valence-corrected chi connectivity index (χ4v) is 3.12. The zero-order valence-electron chi connectivity index (χ0n) is 11.5. The zero-order valence-corrected chi connectivity index (χ0v) is 13.1. The quantitative estimate of drug-likeness (QED) is 0.924. The Morgan fingerprint density at radius 3 is 2.42 bits per heavy atom. The van der Waals surface area contributed by atoms with Gasteiger partial charge in [0.05, 0.1) is 6.54 Å². The molecule has 19 heavy (non-hydrogen) atoms. The number of halogens is 1. The van der Waals surface area contributed by atoms with Crippen molar-refractivity contribution in [2.75, 3.05) is 25.0 Å². The fourth-order valence-electron chi connectivity index (χ4n) is 2.86.